The second kappa shape index (κ2) is 9.22. The summed E-state index contributed by atoms with van der Waals surface area (Å²) < 4.78 is 1.92. The SMILES string of the molecule is CCNC(=NCc1c(C)nn(C)c1C)NCC1(CCO)CCCCC1. The van der Waals surface area contributed by atoms with Crippen molar-refractivity contribution in [3.05, 3.63) is 17.0 Å². The zero-order valence-corrected chi connectivity index (χ0v) is 16.4. The molecule has 0 radical (unpaired) electrons. The number of aliphatic hydroxyl groups is 1. The monoisotopic (exact) mass is 349 g/mol. The first-order valence-electron chi connectivity index (χ1n) is 9.63. The van der Waals surface area contributed by atoms with E-state index in [-0.39, 0.29) is 12.0 Å². The van der Waals surface area contributed by atoms with Crippen LogP contribution in [0.25, 0.3) is 0 Å². The van der Waals surface area contributed by atoms with E-state index in [2.05, 4.69) is 29.6 Å². The van der Waals surface area contributed by atoms with Crippen LogP contribution in [-0.2, 0) is 13.6 Å². The Hall–Kier alpha value is -1.56. The van der Waals surface area contributed by atoms with Crippen molar-refractivity contribution in [3.8, 4) is 0 Å². The van der Waals surface area contributed by atoms with Crippen molar-refractivity contribution in [1.82, 2.24) is 20.4 Å². The first-order chi connectivity index (χ1) is 12.0. The molecule has 142 valence electrons. The van der Waals surface area contributed by atoms with Gasteiger partial charge < -0.3 is 15.7 Å². The fraction of sp³-hybridized carbons (Fsp3) is 0.789. The number of hydrogen-bond acceptors (Lipinski definition) is 3. The van der Waals surface area contributed by atoms with Crippen molar-refractivity contribution in [2.45, 2.75) is 65.8 Å². The topological polar surface area (TPSA) is 74.5 Å². The molecule has 1 aromatic heterocycles. The quantitative estimate of drug-likeness (QED) is 0.522. The number of hydrogen-bond donors (Lipinski definition) is 3. The lowest BCUT2D eigenvalue weighted by molar-refractivity contribution is 0.131. The van der Waals surface area contributed by atoms with Crippen LogP contribution in [0.2, 0.25) is 0 Å². The summed E-state index contributed by atoms with van der Waals surface area (Å²) in [6, 6.07) is 0. The van der Waals surface area contributed by atoms with Gasteiger partial charge >= 0.3 is 0 Å². The van der Waals surface area contributed by atoms with Crippen molar-refractivity contribution in [2.75, 3.05) is 19.7 Å². The van der Waals surface area contributed by atoms with E-state index in [1.165, 1.54) is 43.4 Å². The van der Waals surface area contributed by atoms with Gasteiger partial charge in [0.15, 0.2) is 5.96 Å². The molecule has 0 unspecified atom stereocenters. The molecular weight excluding hydrogens is 314 g/mol. The average Bonchev–Trinajstić information content (AvgIpc) is 2.84. The number of aliphatic hydroxyl groups excluding tert-OH is 1. The number of aliphatic imine (C=N–C) groups is 1. The van der Waals surface area contributed by atoms with Crippen LogP contribution in [0.15, 0.2) is 4.99 Å². The molecule has 25 heavy (non-hydrogen) atoms. The summed E-state index contributed by atoms with van der Waals surface area (Å²) in [6.45, 7) is 8.83. The maximum Gasteiger partial charge on any atom is 0.191 e. The number of rotatable bonds is 7. The van der Waals surface area contributed by atoms with E-state index in [4.69, 9.17) is 4.99 Å². The minimum Gasteiger partial charge on any atom is -0.396 e. The summed E-state index contributed by atoms with van der Waals surface area (Å²) in [7, 11) is 1.97. The van der Waals surface area contributed by atoms with Crippen LogP contribution in [0.4, 0.5) is 0 Å². The molecule has 1 heterocycles. The third-order valence-electron chi connectivity index (χ3n) is 5.59. The Morgan fingerprint density at radius 3 is 2.52 bits per heavy atom. The maximum absolute atomic E-state index is 9.48. The van der Waals surface area contributed by atoms with Gasteiger partial charge in [0.1, 0.15) is 0 Å². The van der Waals surface area contributed by atoms with Gasteiger partial charge in [0.05, 0.1) is 12.2 Å². The van der Waals surface area contributed by atoms with Crippen molar-refractivity contribution in [2.24, 2.45) is 17.5 Å². The van der Waals surface area contributed by atoms with Gasteiger partial charge in [-0.25, -0.2) is 4.99 Å². The van der Waals surface area contributed by atoms with E-state index >= 15 is 0 Å². The minimum absolute atomic E-state index is 0.212. The number of guanidine groups is 1. The number of nitrogens with one attached hydrogen (secondary N) is 2. The molecule has 0 aromatic carbocycles. The predicted molar refractivity (Wildman–Crippen MR) is 103 cm³/mol. The molecule has 0 atom stereocenters. The van der Waals surface area contributed by atoms with Gasteiger partial charge in [0.25, 0.3) is 0 Å². The van der Waals surface area contributed by atoms with Gasteiger partial charge in [-0.3, -0.25) is 4.68 Å². The second-order valence-electron chi connectivity index (χ2n) is 7.36. The fourth-order valence-electron chi connectivity index (χ4n) is 3.87. The summed E-state index contributed by atoms with van der Waals surface area (Å²) in [6.07, 6.45) is 7.12. The highest BCUT2D eigenvalue weighted by molar-refractivity contribution is 5.79. The van der Waals surface area contributed by atoms with Crippen LogP contribution in [0.1, 0.15) is 62.4 Å². The van der Waals surface area contributed by atoms with Gasteiger partial charge in [-0.15, -0.1) is 0 Å². The first kappa shape index (κ1) is 19.8. The summed E-state index contributed by atoms with van der Waals surface area (Å²) in [5, 5.41) is 20.8. The van der Waals surface area contributed by atoms with Crippen molar-refractivity contribution in [1.29, 1.82) is 0 Å². The normalized spacial score (nSPS) is 17.6. The molecular formula is C19H35N5O. The largest absolute Gasteiger partial charge is 0.396 e. The molecule has 1 fully saturated rings. The third kappa shape index (κ3) is 5.21. The molecule has 0 aliphatic heterocycles. The summed E-state index contributed by atoms with van der Waals surface area (Å²) in [5.74, 6) is 0.855. The Morgan fingerprint density at radius 1 is 1.24 bits per heavy atom. The zero-order valence-electron chi connectivity index (χ0n) is 16.4. The van der Waals surface area contributed by atoms with Crippen LogP contribution in [0.3, 0.4) is 0 Å². The maximum atomic E-state index is 9.48. The molecule has 3 N–H and O–H groups in total. The van der Waals surface area contributed by atoms with Gasteiger partial charge in [0, 0.05) is 38.0 Å². The Morgan fingerprint density at radius 2 is 1.96 bits per heavy atom. The molecule has 0 amide bonds. The highest BCUT2D eigenvalue weighted by Crippen LogP contribution is 2.38. The lowest BCUT2D eigenvalue weighted by Gasteiger charge is -2.37. The smallest absolute Gasteiger partial charge is 0.191 e. The second-order valence-corrected chi connectivity index (χ2v) is 7.36. The van der Waals surface area contributed by atoms with Gasteiger partial charge in [-0.1, -0.05) is 19.3 Å². The highest BCUT2D eigenvalue weighted by atomic mass is 16.3. The Bertz CT molecular complexity index is 567. The van der Waals surface area contributed by atoms with Crippen LogP contribution >= 0.6 is 0 Å². The molecule has 1 aromatic rings. The molecule has 1 saturated carbocycles. The molecule has 1 aliphatic carbocycles. The molecule has 1 aliphatic rings. The van der Waals surface area contributed by atoms with E-state index in [0.717, 1.165) is 31.2 Å². The van der Waals surface area contributed by atoms with Crippen molar-refractivity contribution >= 4 is 5.96 Å². The molecule has 2 rings (SSSR count). The lowest BCUT2D eigenvalue weighted by Crippen LogP contribution is -2.45. The van der Waals surface area contributed by atoms with E-state index in [9.17, 15) is 5.11 Å². The standard InChI is InChI=1S/C19H35N5O/c1-5-20-18(21-13-17-15(2)23-24(4)16(17)3)22-14-19(11-12-25)9-7-6-8-10-19/h25H,5-14H2,1-4H3,(H2,20,21,22). The van der Waals surface area contributed by atoms with Crippen molar-refractivity contribution < 1.29 is 5.11 Å². The van der Waals surface area contributed by atoms with E-state index in [1.807, 2.05) is 18.7 Å². The number of aryl methyl sites for hydroxylation is 2. The summed E-state index contributed by atoms with van der Waals surface area (Å²) >= 11 is 0. The van der Waals surface area contributed by atoms with Gasteiger partial charge in [-0.05, 0) is 45.4 Å². The first-order valence-corrected chi connectivity index (χ1v) is 9.63. The van der Waals surface area contributed by atoms with Crippen LogP contribution < -0.4 is 10.6 Å². The van der Waals surface area contributed by atoms with E-state index in [1.54, 1.807) is 0 Å². The molecule has 6 heteroatoms. The predicted octanol–water partition coefficient (Wildman–Crippen LogP) is 2.42. The molecule has 6 nitrogen and oxygen atoms in total. The lowest BCUT2D eigenvalue weighted by atomic mass is 9.72. The third-order valence-corrected chi connectivity index (χ3v) is 5.59. The van der Waals surface area contributed by atoms with E-state index < -0.39 is 0 Å². The highest BCUT2D eigenvalue weighted by Gasteiger charge is 2.31. The summed E-state index contributed by atoms with van der Waals surface area (Å²) in [5.41, 5.74) is 3.62. The van der Waals surface area contributed by atoms with Crippen LogP contribution in [-0.4, -0.2) is 40.5 Å². The Labute approximate surface area is 152 Å². The zero-order chi connectivity index (χ0) is 18.3. The number of aromatic nitrogens is 2. The van der Waals surface area contributed by atoms with E-state index in [0.29, 0.717) is 6.54 Å². The number of nitrogens with zero attached hydrogens (tertiary/aromatic N) is 3. The Balaban J connectivity index is 2.03. The van der Waals surface area contributed by atoms with Gasteiger partial charge in [0.2, 0.25) is 0 Å². The minimum atomic E-state index is 0.212. The Kier molecular flexibility index (Phi) is 7.29. The molecule has 0 saturated heterocycles. The summed E-state index contributed by atoms with van der Waals surface area (Å²) in [4.78, 5) is 4.77. The average molecular weight is 350 g/mol. The molecule has 0 spiro atoms. The van der Waals surface area contributed by atoms with Crippen LogP contribution in [0.5, 0.6) is 0 Å². The van der Waals surface area contributed by atoms with Crippen molar-refractivity contribution in [3.63, 3.8) is 0 Å². The molecule has 0 bridgehead atoms. The fourth-order valence-corrected chi connectivity index (χ4v) is 3.87. The van der Waals surface area contributed by atoms with Gasteiger partial charge in [-0.2, -0.15) is 5.10 Å². The van der Waals surface area contributed by atoms with Crippen LogP contribution in [0, 0.1) is 19.3 Å².